The lowest BCUT2D eigenvalue weighted by Gasteiger charge is -2.36. The zero-order valence-corrected chi connectivity index (χ0v) is 18.5. The molecule has 3 fully saturated rings. The third-order valence-corrected chi connectivity index (χ3v) is 6.38. The van der Waals surface area contributed by atoms with Crippen molar-refractivity contribution in [2.75, 3.05) is 57.3 Å². The Balaban J connectivity index is 1.33. The minimum absolute atomic E-state index is 0.0762. The summed E-state index contributed by atoms with van der Waals surface area (Å²) >= 11 is 0. The number of rotatable bonds is 4. The van der Waals surface area contributed by atoms with Gasteiger partial charge < -0.3 is 24.3 Å². The molecule has 1 aromatic carbocycles. The summed E-state index contributed by atoms with van der Waals surface area (Å²) in [5, 5.41) is 0. The van der Waals surface area contributed by atoms with Gasteiger partial charge in [0.15, 0.2) is 0 Å². The van der Waals surface area contributed by atoms with Crippen molar-refractivity contribution < 1.29 is 23.9 Å². The third-order valence-electron chi connectivity index (χ3n) is 6.38. The number of carbonyl (C=O) groups is 4. The van der Waals surface area contributed by atoms with Crippen LogP contribution in [-0.2, 0) is 19.2 Å². The molecule has 9 nitrogen and oxygen atoms in total. The molecule has 4 rings (SSSR count). The summed E-state index contributed by atoms with van der Waals surface area (Å²) in [6.07, 6.45) is 2.03. The number of hydrogen-bond donors (Lipinski definition) is 0. The monoisotopic (exact) mass is 442 g/mol. The highest BCUT2D eigenvalue weighted by molar-refractivity contribution is 6.35. The van der Waals surface area contributed by atoms with E-state index in [2.05, 4.69) is 0 Å². The van der Waals surface area contributed by atoms with Gasteiger partial charge in [-0.15, -0.1) is 0 Å². The summed E-state index contributed by atoms with van der Waals surface area (Å²) in [5.74, 6) is -0.883. The Labute approximate surface area is 187 Å². The topological polar surface area (TPSA) is 90.5 Å². The zero-order chi connectivity index (χ0) is 22.7. The van der Waals surface area contributed by atoms with E-state index in [1.54, 1.807) is 14.7 Å². The Morgan fingerprint density at radius 2 is 1.50 bits per heavy atom. The van der Waals surface area contributed by atoms with Gasteiger partial charge in [0.2, 0.25) is 11.8 Å². The molecule has 0 radical (unpaired) electrons. The Bertz CT molecular complexity index is 890. The average Bonchev–Trinajstić information content (AvgIpc) is 3.49. The number of hydrogen-bond acceptors (Lipinski definition) is 5. The molecule has 1 atom stereocenters. The highest BCUT2D eigenvalue weighted by Gasteiger charge is 2.39. The quantitative estimate of drug-likeness (QED) is 0.642. The summed E-state index contributed by atoms with van der Waals surface area (Å²) in [4.78, 5) is 57.1. The number of likely N-dealkylation sites (tertiary alicyclic amines) is 1. The summed E-state index contributed by atoms with van der Waals surface area (Å²) in [6, 6.07) is 7.35. The van der Waals surface area contributed by atoms with Crippen LogP contribution in [0.4, 0.5) is 5.69 Å². The van der Waals surface area contributed by atoms with Gasteiger partial charge in [-0.25, -0.2) is 0 Å². The molecule has 0 spiro atoms. The van der Waals surface area contributed by atoms with Crippen LogP contribution in [0, 0.1) is 5.92 Å². The van der Waals surface area contributed by atoms with Crippen LogP contribution in [0.1, 0.15) is 26.2 Å². The molecular formula is C23H30N4O5. The lowest BCUT2D eigenvalue weighted by molar-refractivity contribution is -0.153. The van der Waals surface area contributed by atoms with Crippen LogP contribution in [0.5, 0.6) is 5.75 Å². The summed E-state index contributed by atoms with van der Waals surface area (Å²) < 4.78 is 5.64. The number of ether oxygens (including phenoxy) is 1. The van der Waals surface area contributed by atoms with E-state index >= 15 is 0 Å². The summed E-state index contributed by atoms with van der Waals surface area (Å²) in [6.45, 7) is 5.39. The van der Waals surface area contributed by atoms with Crippen LogP contribution in [0.25, 0.3) is 0 Å². The molecule has 3 heterocycles. The Morgan fingerprint density at radius 3 is 2.16 bits per heavy atom. The van der Waals surface area contributed by atoms with Gasteiger partial charge in [-0.2, -0.15) is 0 Å². The first kappa shape index (κ1) is 22.1. The number of benzene rings is 1. The van der Waals surface area contributed by atoms with E-state index in [0.29, 0.717) is 63.9 Å². The standard InChI is InChI=1S/C23H30N4O5/c1-2-32-19-8-4-3-7-18(19)27-16-17(15-20(27)28)21(29)25-11-13-26(14-12-25)23(31)22(30)24-9-5-6-10-24/h3-4,7-8,17H,2,5-6,9-16H2,1H3. The number of carbonyl (C=O) groups excluding carboxylic acids is 4. The first-order chi connectivity index (χ1) is 15.5. The normalized spacial score (nSPS) is 21.3. The van der Waals surface area contributed by atoms with E-state index in [9.17, 15) is 19.2 Å². The van der Waals surface area contributed by atoms with Crippen molar-refractivity contribution >= 4 is 29.3 Å². The van der Waals surface area contributed by atoms with Crippen LogP contribution >= 0.6 is 0 Å². The summed E-state index contributed by atoms with van der Waals surface area (Å²) in [5.41, 5.74) is 0.686. The molecule has 0 bridgehead atoms. The summed E-state index contributed by atoms with van der Waals surface area (Å²) in [7, 11) is 0. The van der Waals surface area contributed by atoms with Crippen LogP contribution in [-0.4, -0.2) is 90.7 Å². The lowest BCUT2D eigenvalue weighted by Crippen LogP contribution is -2.55. The molecule has 3 saturated heterocycles. The second-order valence-electron chi connectivity index (χ2n) is 8.42. The third kappa shape index (κ3) is 4.42. The predicted molar refractivity (Wildman–Crippen MR) is 117 cm³/mol. The van der Waals surface area contributed by atoms with Gasteiger partial charge in [0.1, 0.15) is 5.75 Å². The smallest absolute Gasteiger partial charge is 0.312 e. The first-order valence-electron chi connectivity index (χ1n) is 11.4. The van der Waals surface area contributed by atoms with Gasteiger partial charge in [-0.05, 0) is 31.9 Å². The van der Waals surface area contributed by atoms with Gasteiger partial charge in [0, 0.05) is 52.2 Å². The minimum atomic E-state index is -0.478. The second kappa shape index (κ2) is 9.58. The second-order valence-corrected chi connectivity index (χ2v) is 8.42. The van der Waals surface area contributed by atoms with Crippen molar-refractivity contribution in [1.29, 1.82) is 0 Å². The van der Waals surface area contributed by atoms with Crippen LogP contribution in [0.15, 0.2) is 24.3 Å². The number of piperazine rings is 1. The van der Waals surface area contributed by atoms with Crippen molar-refractivity contribution in [2.24, 2.45) is 5.92 Å². The highest BCUT2D eigenvalue weighted by Crippen LogP contribution is 2.33. The van der Waals surface area contributed by atoms with Crippen LogP contribution in [0.3, 0.4) is 0 Å². The fraction of sp³-hybridized carbons (Fsp3) is 0.565. The van der Waals surface area contributed by atoms with Crippen molar-refractivity contribution in [1.82, 2.24) is 14.7 Å². The van der Waals surface area contributed by atoms with Gasteiger partial charge in [-0.1, -0.05) is 12.1 Å². The van der Waals surface area contributed by atoms with Crippen molar-refractivity contribution in [3.63, 3.8) is 0 Å². The van der Waals surface area contributed by atoms with Crippen molar-refractivity contribution in [3.05, 3.63) is 24.3 Å². The average molecular weight is 443 g/mol. The number of nitrogens with zero attached hydrogens (tertiary/aromatic N) is 4. The van der Waals surface area contributed by atoms with E-state index < -0.39 is 17.7 Å². The van der Waals surface area contributed by atoms with Crippen molar-refractivity contribution in [2.45, 2.75) is 26.2 Å². The maximum atomic E-state index is 13.1. The predicted octanol–water partition coefficient (Wildman–Crippen LogP) is 0.731. The van der Waals surface area contributed by atoms with Crippen LogP contribution < -0.4 is 9.64 Å². The molecule has 172 valence electrons. The van der Waals surface area contributed by atoms with Gasteiger partial charge in [0.05, 0.1) is 18.2 Å². The first-order valence-corrected chi connectivity index (χ1v) is 11.4. The molecule has 3 aliphatic heterocycles. The van der Waals surface area contributed by atoms with Crippen LogP contribution in [0.2, 0.25) is 0 Å². The number of para-hydroxylation sites is 2. The fourth-order valence-electron chi connectivity index (χ4n) is 4.64. The van der Waals surface area contributed by atoms with Gasteiger partial charge in [-0.3, -0.25) is 19.2 Å². The Kier molecular flexibility index (Phi) is 6.62. The molecule has 0 aromatic heterocycles. The van der Waals surface area contributed by atoms with E-state index in [4.69, 9.17) is 4.74 Å². The largest absolute Gasteiger partial charge is 0.492 e. The molecule has 32 heavy (non-hydrogen) atoms. The van der Waals surface area contributed by atoms with Gasteiger partial charge in [0.25, 0.3) is 0 Å². The maximum absolute atomic E-state index is 13.1. The SMILES string of the molecule is CCOc1ccccc1N1CC(C(=O)N2CCN(C(=O)C(=O)N3CCCC3)CC2)CC1=O. The van der Waals surface area contributed by atoms with Gasteiger partial charge >= 0.3 is 11.8 Å². The number of anilines is 1. The number of amides is 4. The Morgan fingerprint density at radius 1 is 0.906 bits per heavy atom. The van der Waals surface area contributed by atoms with E-state index in [1.165, 1.54) is 4.90 Å². The molecule has 9 heteroatoms. The highest BCUT2D eigenvalue weighted by atomic mass is 16.5. The fourth-order valence-corrected chi connectivity index (χ4v) is 4.64. The molecule has 4 amide bonds. The molecule has 1 unspecified atom stereocenters. The maximum Gasteiger partial charge on any atom is 0.312 e. The van der Waals surface area contributed by atoms with E-state index in [1.807, 2.05) is 31.2 Å². The molecule has 1 aromatic rings. The molecule has 3 aliphatic rings. The molecule has 0 N–H and O–H groups in total. The van der Waals surface area contributed by atoms with Crippen molar-refractivity contribution in [3.8, 4) is 5.75 Å². The van der Waals surface area contributed by atoms with E-state index in [0.717, 1.165) is 12.8 Å². The molecular weight excluding hydrogens is 412 g/mol. The van der Waals surface area contributed by atoms with E-state index in [-0.39, 0.29) is 18.2 Å². The molecule has 0 aliphatic carbocycles. The lowest BCUT2D eigenvalue weighted by atomic mass is 10.1. The minimum Gasteiger partial charge on any atom is -0.492 e. The Hall–Kier alpha value is -3.10. The molecule has 0 saturated carbocycles. The zero-order valence-electron chi connectivity index (χ0n) is 18.5.